The van der Waals surface area contributed by atoms with Gasteiger partial charge in [-0.2, -0.15) is 0 Å². The largest absolute Gasteiger partial charge is 0.333 e. The summed E-state index contributed by atoms with van der Waals surface area (Å²) in [5.41, 5.74) is 0.596. The van der Waals surface area contributed by atoms with Crippen molar-refractivity contribution in [3.05, 3.63) is 19.1 Å². The van der Waals surface area contributed by atoms with Gasteiger partial charge in [0.15, 0.2) is 0 Å². The molecule has 48 valence electrons. The van der Waals surface area contributed by atoms with Gasteiger partial charge in [-0.1, -0.05) is 6.58 Å². The van der Waals surface area contributed by atoms with Gasteiger partial charge in [-0.3, -0.25) is 4.79 Å². The van der Waals surface area contributed by atoms with E-state index in [0.29, 0.717) is 11.3 Å². The predicted molar refractivity (Wildman–Crippen MR) is 37.6 cm³/mol. The zero-order valence-electron chi connectivity index (χ0n) is 5.64. The molecule has 0 bridgehead atoms. The van der Waals surface area contributed by atoms with E-state index in [4.69, 9.17) is 0 Å². The third-order valence-electron chi connectivity index (χ3n) is 0.582. The molecule has 0 aromatic rings. The van der Waals surface area contributed by atoms with Crippen molar-refractivity contribution < 1.29 is 4.79 Å². The average Bonchev–Trinajstić information content (AvgIpc) is 1.67. The van der Waals surface area contributed by atoms with Gasteiger partial charge in [0, 0.05) is 0 Å². The Morgan fingerprint density at radius 2 is 2.22 bits per heavy atom. The fourth-order valence-corrected chi connectivity index (χ4v) is 0.648. The molecule has 0 radical (unpaired) electrons. The summed E-state index contributed by atoms with van der Waals surface area (Å²) in [6.45, 7) is 8.68. The minimum absolute atomic E-state index is 0. The van der Waals surface area contributed by atoms with Crippen LogP contribution in [-0.2, 0) is 4.79 Å². The number of thioether (sulfide) groups is 1. The van der Waals surface area contributed by atoms with E-state index in [9.17, 15) is 4.79 Å². The molecule has 0 aromatic carbocycles. The first-order valence-corrected chi connectivity index (χ1v) is 3.29. The predicted octanol–water partition coefficient (Wildman–Crippen LogP) is 1.66. The maximum atomic E-state index is 10.6. The van der Waals surface area contributed by atoms with Gasteiger partial charge in [0.2, 0.25) is 5.12 Å². The Morgan fingerprint density at radius 3 is 2.33 bits per heavy atom. The Kier molecular flexibility index (Phi) is 5.83. The van der Waals surface area contributed by atoms with Gasteiger partial charge < -0.3 is 6.92 Å². The fourth-order valence-electron chi connectivity index (χ4n) is 0.216. The van der Waals surface area contributed by atoms with Crippen LogP contribution in [0.25, 0.3) is 0 Å². The van der Waals surface area contributed by atoms with Crippen molar-refractivity contribution in [3.63, 3.8) is 0 Å². The molecular weight excluding hydrogens is 387 g/mol. The Morgan fingerprint density at radius 1 is 1.78 bits per heavy atom. The Balaban J connectivity index is 0. The van der Waals surface area contributed by atoms with Crippen LogP contribution in [0.15, 0.2) is 12.2 Å². The van der Waals surface area contributed by atoms with E-state index in [2.05, 4.69) is 13.5 Å². The van der Waals surface area contributed by atoms with E-state index in [1.807, 2.05) is 0 Å². The van der Waals surface area contributed by atoms with Gasteiger partial charge >= 0.3 is 0 Å². The van der Waals surface area contributed by atoms with Gasteiger partial charge in [-0.05, 0) is 12.5 Å². The first kappa shape index (κ1) is 10.7. The van der Waals surface area contributed by atoms with Crippen molar-refractivity contribution in [2.75, 3.05) is 5.75 Å². The summed E-state index contributed by atoms with van der Waals surface area (Å²) in [4.78, 5) is 10.6. The van der Waals surface area contributed by atoms with Crippen molar-refractivity contribution in [2.24, 2.45) is 0 Å². The molecule has 3 heteroatoms. The van der Waals surface area contributed by atoms with Crippen LogP contribution in [0.3, 0.4) is 0 Å². The number of hydrogen-bond donors (Lipinski definition) is 0. The Labute approximate surface area is 54.2 Å². The summed E-state index contributed by atoms with van der Waals surface area (Å²) in [7, 11) is 0. The molecule has 9 heavy (non-hydrogen) atoms. The molecule has 0 spiro atoms. The molecule has 0 saturated carbocycles. The first-order chi connectivity index (χ1) is 3.68. The molecule has 0 aromatic heterocycles. The monoisotopic (exact) mass is 396 g/mol. The molecule has 0 aliphatic rings. The molecule has 0 aliphatic heterocycles. The maximum Gasteiger partial charge on any atom is 0.211 e. The molecule has 0 rings (SSSR count). The molecule has 0 unspecified atom stereocenters. The van der Waals surface area contributed by atoms with Crippen LogP contribution in [0.1, 0.15) is 6.92 Å². The van der Waals surface area contributed by atoms with Gasteiger partial charge in [0.05, 0.1) is 0 Å². The number of carbonyl (C=O) groups excluding carboxylic acids is 1. The minimum atomic E-state index is 0. The molecule has 0 amide bonds. The van der Waals surface area contributed by atoms with Crippen molar-refractivity contribution in [1.82, 2.24) is 0 Å². The van der Waals surface area contributed by atoms with Crippen molar-refractivity contribution in [1.29, 1.82) is 0 Å². The zero-order valence-corrected chi connectivity index (χ0v) is 12.9. The van der Waals surface area contributed by atoms with Crippen LogP contribution in [0, 0.1) is 6.92 Å². The van der Waals surface area contributed by atoms with Gasteiger partial charge in [0.1, 0.15) is 0 Å². The van der Waals surface area contributed by atoms with Crippen LogP contribution in [0.2, 0.25) is 0 Å². The van der Waals surface area contributed by atoms with Crippen LogP contribution in [0.5, 0.6) is 0 Å². The molecule has 0 fully saturated rings. The van der Waals surface area contributed by atoms with E-state index in [1.54, 1.807) is 6.92 Å². The normalized spacial score (nSPS) is 7.78. The van der Waals surface area contributed by atoms with E-state index in [1.165, 1.54) is 11.8 Å². The maximum absolute atomic E-state index is 10.6. The third-order valence-corrected chi connectivity index (χ3v) is 1.40. The van der Waals surface area contributed by atoms with Crippen LogP contribution >= 0.6 is 11.8 Å². The summed E-state index contributed by atoms with van der Waals surface area (Å²) in [5, 5.41) is 0.0417. The van der Waals surface area contributed by atoms with Crippen LogP contribution < -0.4 is 0 Å². The molecule has 0 aliphatic carbocycles. The van der Waals surface area contributed by atoms with Crippen molar-refractivity contribution in [3.8, 4) is 0 Å². The van der Waals surface area contributed by atoms with Gasteiger partial charge in [0.25, 0.3) is 0 Å². The van der Waals surface area contributed by atoms with Crippen molar-refractivity contribution in [2.45, 2.75) is 6.92 Å². The van der Waals surface area contributed by atoms with Crippen molar-refractivity contribution >= 4 is 16.9 Å². The van der Waals surface area contributed by atoms with E-state index in [0.717, 1.165) is 0 Å². The second-order valence-electron chi connectivity index (χ2n) is 1.42. The molecule has 0 saturated heterocycles. The second kappa shape index (κ2) is 4.91. The number of hydrogen-bond acceptors (Lipinski definition) is 2. The topological polar surface area (TPSA) is 17.1 Å². The summed E-state index contributed by atoms with van der Waals surface area (Å²) >= 11 is 1.19. The van der Waals surface area contributed by atoms with Gasteiger partial charge in [-0.25, -0.2) is 0 Å². The number of rotatable bonds is 2. The minimum Gasteiger partial charge on any atom is -0.333 e. The van der Waals surface area contributed by atoms with E-state index < -0.39 is 0 Å². The second-order valence-corrected chi connectivity index (χ2v) is 2.48. The quantitative estimate of drug-likeness (QED) is 0.522. The molecule has 0 N–H and O–H groups in total. The third kappa shape index (κ3) is 4.62. The van der Waals surface area contributed by atoms with Crippen LogP contribution in [-0.4, -0.2) is 10.9 Å². The zero-order chi connectivity index (χ0) is 6.57. The van der Waals surface area contributed by atoms with E-state index in [-0.39, 0.29) is 5.12 Å². The van der Waals surface area contributed by atoms with E-state index >= 15 is 0 Å². The molecule has 0 heterocycles. The van der Waals surface area contributed by atoms with Gasteiger partial charge in [-0.15, -0.1) is 17.5 Å². The smallest absolute Gasteiger partial charge is 0.211 e. The first-order valence-electron chi connectivity index (χ1n) is 2.30. The molecular formula is C6H9ORfS-. The molecule has 0 atom stereocenters. The Bertz CT molecular complexity index is 112. The fraction of sp³-hybridized carbons (Fsp3) is 0.333. The average molecular weight is 396 g/mol. The Hall–Kier alpha value is -1.24. The summed E-state index contributed by atoms with van der Waals surface area (Å²) < 4.78 is 0. The SMILES string of the molecule is C=C(C)C(=O)SC[CH2-].[Rf]. The standard InChI is InChI=1S/C6H9OS.Rf/c1-4-8-6(7)5(2)3;/h1-2,4H2,3H3;/q-1;. The summed E-state index contributed by atoms with van der Waals surface area (Å²) in [5.74, 6) is 0.589. The number of carbonyl (C=O) groups is 1. The molecule has 1 nitrogen and oxygen atoms in total. The van der Waals surface area contributed by atoms with Crippen LogP contribution in [0.4, 0.5) is 0 Å². The summed E-state index contributed by atoms with van der Waals surface area (Å²) in [6, 6.07) is 0. The summed E-state index contributed by atoms with van der Waals surface area (Å²) in [6.07, 6.45) is 0.